The molecule has 1 saturated heterocycles. The Labute approximate surface area is 154 Å². The fraction of sp³-hybridized carbons (Fsp3) is 0.381. The zero-order valence-corrected chi connectivity index (χ0v) is 15.3. The maximum Gasteiger partial charge on any atom is 0.304 e. The van der Waals surface area contributed by atoms with Crippen LogP contribution in [0.1, 0.15) is 29.2 Å². The number of aliphatic carboxylic acids is 1. The average Bonchev–Trinajstić information content (AvgIpc) is 2.65. The van der Waals surface area contributed by atoms with Crippen molar-refractivity contribution in [3.05, 3.63) is 59.2 Å². The van der Waals surface area contributed by atoms with E-state index in [4.69, 9.17) is 14.6 Å². The Balaban J connectivity index is 1.63. The first kappa shape index (κ1) is 18.4. The SMILES string of the molecule is Cc1cccc(Oc2ccc(C3CN(CCC(=O)O)CCO3)cc2)c1C. The van der Waals surface area contributed by atoms with Crippen LogP contribution in [0.15, 0.2) is 42.5 Å². The molecular formula is C21H25NO4. The Morgan fingerprint density at radius 1 is 1.23 bits per heavy atom. The van der Waals surface area contributed by atoms with Gasteiger partial charge in [0.1, 0.15) is 11.5 Å². The lowest BCUT2D eigenvalue weighted by Gasteiger charge is -2.32. The van der Waals surface area contributed by atoms with Crippen molar-refractivity contribution in [1.82, 2.24) is 4.90 Å². The van der Waals surface area contributed by atoms with Crippen LogP contribution in [0, 0.1) is 13.8 Å². The molecule has 26 heavy (non-hydrogen) atoms. The van der Waals surface area contributed by atoms with E-state index < -0.39 is 5.97 Å². The zero-order chi connectivity index (χ0) is 18.5. The number of morpholine rings is 1. The molecule has 5 nitrogen and oxygen atoms in total. The lowest BCUT2D eigenvalue weighted by atomic mass is 10.1. The molecular weight excluding hydrogens is 330 g/mol. The van der Waals surface area contributed by atoms with Gasteiger partial charge < -0.3 is 14.6 Å². The predicted molar refractivity (Wildman–Crippen MR) is 99.8 cm³/mol. The summed E-state index contributed by atoms with van der Waals surface area (Å²) in [5.74, 6) is 0.897. The van der Waals surface area contributed by atoms with Crippen LogP contribution in [0.4, 0.5) is 0 Å². The van der Waals surface area contributed by atoms with Gasteiger partial charge in [-0.05, 0) is 48.7 Å². The monoisotopic (exact) mass is 355 g/mol. The number of carboxylic acid groups (broad SMARTS) is 1. The first-order valence-electron chi connectivity index (χ1n) is 8.92. The highest BCUT2D eigenvalue weighted by Gasteiger charge is 2.22. The molecule has 0 saturated carbocycles. The third-order valence-corrected chi connectivity index (χ3v) is 4.83. The summed E-state index contributed by atoms with van der Waals surface area (Å²) in [6.45, 7) is 6.79. The van der Waals surface area contributed by atoms with E-state index in [2.05, 4.69) is 24.8 Å². The van der Waals surface area contributed by atoms with Gasteiger partial charge in [-0.1, -0.05) is 24.3 Å². The van der Waals surface area contributed by atoms with E-state index >= 15 is 0 Å². The smallest absolute Gasteiger partial charge is 0.304 e. The minimum Gasteiger partial charge on any atom is -0.481 e. The van der Waals surface area contributed by atoms with Crippen molar-refractivity contribution in [2.45, 2.75) is 26.4 Å². The van der Waals surface area contributed by atoms with E-state index in [-0.39, 0.29) is 12.5 Å². The van der Waals surface area contributed by atoms with Crippen LogP contribution in [0.3, 0.4) is 0 Å². The van der Waals surface area contributed by atoms with Crippen LogP contribution in [0.5, 0.6) is 11.5 Å². The topological polar surface area (TPSA) is 59.0 Å². The second-order valence-corrected chi connectivity index (χ2v) is 6.67. The molecule has 2 aromatic rings. The van der Waals surface area contributed by atoms with E-state index in [1.165, 1.54) is 5.56 Å². The first-order chi connectivity index (χ1) is 12.5. The van der Waals surface area contributed by atoms with Gasteiger partial charge in [-0.25, -0.2) is 0 Å². The summed E-state index contributed by atoms with van der Waals surface area (Å²) < 4.78 is 11.9. The van der Waals surface area contributed by atoms with Gasteiger partial charge in [0.15, 0.2) is 0 Å². The molecule has 5 heteroatoms. The summed E-state index contributed by atoms with van der Waals surface area (Å²) >= 11 is 0. The molecule has 138 valence electrons. The average molecular weight is 355 g/mol. The molecule has 1 fully saturated rings. The van der Waals surface area contributed by atoms with Crippen LogP contribution in [-0.2, 0) is 9.53 Å². The van der Waals surface area contributed by atoms with E-state index in [9.17, 15) is 4.79 Å². The molecule has 0 aromatic heterocycles. The third-order valence-electron chi connectivity index (χ3n) is 4.83. The lowest BCUT2D eigenvalue weighted by molar-refractivity contribution is -0.137. The van der Waals surface area contributed by atoms with Gasteiger partial charge in [0.05, 0.1) is 19.1 Å². The van der Waals surface area contributed by atoms with Crippen molar-refractivity contribution in [2.75, 3.05) is 26.2 Å². The Morgan fingerprint density at radius 3 is 2.73 bits per heavy atom. The lowest BCUT2D eigenvalue weighted by Crippen LogP contribution is -2.39. The van der Waals surface area contributed by atoms with Gasteiger partial charge in [0.25, 0.3) is 0 Å². The second-order valence-electron chi connectivity index (χ2n) is 6.67. The van der Waals surface area contributed by atoms with Crippen molar-refractivity contribution in [3.63, 3.8) is 0 Å². The number of rotatable bonds is 6. The molecule has 1 atom stereocenters. The second kappa shape index (κ2) is 8.34. The molecule has 0 amide bonds. The van der Waals surface area contributed by atoms with Gasteiger partial charge in [-0.2, -0.15) is 0 Å². The van der Waals surface area contributed by atoms with Crippen LogP contribution >= 0.6 is 0 Å². The number of benzene rings is 2. The molecule has 3 rings (SSSR count). The van der Waals surface area contributed by atoms with Crippen LogP contribution in [0.25, 0.3) is 0 Å². The van der Waals surface area contributed by atoms with E-state index in [1.807, 2.05) is 36.4 Å². The Morgan fingerprint density at radius 2 is 2.00 bits per heavy atom. The molecule has 1 aliphatic heterocycles. The summed E-state index contributed by atoms with van der Waals surface area (Å²) in [5, 5.41) is 8.84. The summed E-state index contributed by atoms with van der Waals surface area (Å²) in [5.41, 5.74) is 3.43. The minimum absolute atomic E-state index is 0.0349. The van der Waals surface area contributed by atoms with Gasteiger partial charge in [0, 0.05) is 19.6 Å². The van der Waals surface area contributed by atoms with Crippen LogP contribution < -0.4 is 4.74 Å². The number of ether oxygens (including phenoxy) is 2. The van der Waals surface area contributed by atoms with Crippen molar-refractivity contribution >= 4 is 5.97 Å². The minimum atomic E-state index is -0.763. The third kappa shape index (κ3) is 4.62. The van der Waals surface area contributed by atoms with E-state index in [1.54, 1.807) is 0 Å². The standard InChI is InChI=1S/C21H25NO4/c1-15-4-3-5-19(16(15)2)26-18-8-6-17(7-9-18)20-14-22(12-13-25-20)11-10-21(23)24/h3-9,20H,10-14H2,1-2H3,(H,23,24). The number of nitrogens with zero attached hydrogens (tertiary/aromatic N) is 1. The van der Waals surface area contributed by atoms with Gasteiger partial charge >= 0.3 is 5.97 Å². The molecule has 0 spiro atoms. The predicted octanol–water partition coefficient (Wildman–Crippen LogP) is 3.94. The number of carbonyl (C=O) groups is 1. The van der Waals surface area contributed by atoms with Gasteiger partial charge in [-0.15, -0.1) is 0 Å². The Kier molecular flexibility index (Phi) is 5.91. The molecule has 1 N–H and O–H groups in total. The number of carboxylic acids is 1. The largest absolute Gasteiger partial charge is 0.481 e. The normalized spacial score (nSPS) is 17.8. The van der Waals surface area contributed by atoms with E-state index in [0.717, 1.165) is 29.2 Å². The summed E-state index contributed by atoms with van der Waals surface area (Å²) in [4.78, 5) is 12.9. The first-order valence-corrected chi connectivity index (χ1v) is 8.92. The molecule has 1 heterocycles. The van der Waals surface area contributed by atoms with Crippen molar-refractivity contribution in [3.8, 4) is 11.5 Å². The maximum atomic E-state index is 10.8. The highest BCUT2D eigenvalue weighted by Crippen LogP contribution is 2.29. The molecule has 0 radical (unpaired) electrons. The molecule has 2 aromatic carbocycles. The van der Waals surface area contributed by atoms with Crippen molar-refractivity contribution < 1.29 is 19.4 Å². The summed E-state index contributed by atoms with van der Waals surface area (Å²) in [6, 6.07) is 14.0. The summed E-state index contributed by atoms with van der Waals surface area (Å²) in [7, 11) is 0. The molecule has 0 aliphatic carbocycles. The van der Waals surface area contributed by atoms with Crippen LogP contribution in [-0.4, -0.2) is 42.2 Å². The zero-order valence-electron chi connectivity index (χ0n) is 15.3. The van der Waals surface area contributed by atoms with E-state index in [0.29, 0.717) is 19.7 Å². The number of hydrogen-bond acceptors (Lipinski definition) is 4. The maximum absolute atomic E-state index is 10.8. The number of hydrogen-bond donors (Lipinski definition) is 1. The highest BCUT2D eigenvalue weighted by molar-refractivity contribution is 5.66. The Bertz CT molecular complexity index is 757. The van der Waals surface area contributed by atoms with Crippen molar-refractivity contribution in [2.24, 2.45) is 0 Å². The quantitative estimate of drug-likeness (QED) is 0.850. The van der Waals surface area contributed by atoms with Crippen LogP contribution in [0.2, 0.25) is 0 Å². The Hall–Kier alpha value is -2.37. The highest BCUT2D eigenvalue weighted by atomic mass is 16.5. The fourth-order valence-electron chi connectivity index (χ4n) is 3.07. The van der Waals surface area contributed by atoms with Gasteiger partial charge in [0.2, 0.25) is 0 Å². The molecule has 0 bridgehead atoms. The number of aryl methyl sites for hydroxylation is 1. The fourth-order valence-corrected chi connectivity index (χ4v) is 3.07. The molecule has 1 aliphatic rings. The summed E-state index contributed by atoms with van der Waals surface area (Å²) in [6.07, 6.45) is 0.127. The van der Waals surface area contributed by atoms with Gasteiger partial charge in [-0.3, -0.25) is 9.69 Å². The molecule has 1 unspecified atom stereocenters. The van der Waals surface area contributed by atoms with Crippen molar-refractivity contribution in [1.29, 1.82) is 0 Å².